The van der Waals surface area contributed by atoms with Crippen molar-refractivity contribution in [3.05, 3.63) is 0 Å². The fourth-order valence-electron chi connectivity index (χ4n) is 0.533. The topological polar surface area (TPSA) is 65.0 Å². The Labute approximate surface area is 78.5 Å². The van der Waals surface area contributed by atoms with Crippen molar-refractivity contribution >= 4 is 7.82 Å². The molecule has 0 saturated carbocycles. The van der Waals surface area contributed by atoms with Crippen molar-refractivity contribution in [2.75, 3.05) is 13.2 Å². The largest absolute Gasteiger partial charge is 0.499 e. The number of phosphoric acid groups is 1. The summed E-state index contributed by atoms with van der Waals surface area (Å²) in [5, 5.41) is 0. The molecule has 80 valence electrons. The van der Waals surface area contributed by atoms with E-state index in [1.165, 1.54) is 0 Å². The second-order valence-corrected chi connectivity index (χ2v) is 3.90. The maximum atomic E-state index is 10.9. The van der Waals surface area contributed by atoms with Crippen molar-refractivity contribution in [3.63, 3.8) is 0 Å². The number of rotatable bonds is 8. The summed E-state index contributed by atoms with van der Waals surface area (Å²) in [6.07, 6.45) is 2.34. The zero-order chi connectivity index (χ0) is 10.2. The number of unbranched alkanes of at least 4 members (excludes halogenated alkanes) is 1. The van der Waals surface area contributed by atoms with Crippen LogP contribution in [0.3, 0.4) is 0 Å². The molecule has 0 aromatic rings. The van der Waals surface area contributed by atoms with E-state index < -0.39 is 7.82 Å². The molecule has 0 radical (unpaired) electrons. The first-order chi connectivity index (χ1) is 6.12. The molecule has 13 heavy (non-hydrogen) atoms. The van der Waals surface area contributed by atoms with E-state index in [-0.39, 0.29) is 13.2 Å². The van der Waals surface area contributed by atoms with Crippen molar-refractivity contribution in [1.82, 2.24) is 0 Å². The highest BCUT2D eigenvalue weighted by Crippen LogP contribution is 2.43. The summed E-state index contributed by atoms with van der Waals surface area (Å²) in [4.78, 5) is 13.4. The van der Waals surface area contributed by atoms with Crippen LogP contribution >= 0.6 is 7.82 Å². The van der Waals surface area contributed by atoms with Crippen LogP contribution in [0.4, 0.5) is 0 Å². The molecule has 0 bridgehead atoms. The van der Waals surface area contributed by atoms with Crippen molar-refractivity contribution in [2.24, 2.45) is 0 Å². The summed E-state index contributed by atoms with van der Waals surface area (Å²) in [7, 11) is -3.97. The van der Waals surface area contributed by atoms with Crippen LogP contribution in [0.5, 0.6) is 0 Å². The third-order valence-corrected chi connectivity index (χ3v) is 1.99. The van der Waals surface area contributed by atoms with Gasteiger partial charge in [0, 0.05) is 0 Å². The second-order valence-electron chi connectivity index (χ2n) is 2.55. The summed E-state index contributed by atoms with van der Waals surface area (Å²) in [5.74, 6) is 0. The van der Waals surface area contributed by atoms with E-state index in [4.69, 9.17) is 4.89 Å². The maximum Gasteiger partial charge on any atom is 0.499 e. The molecule has 0 heterocycles. The van der Waals surface area contributed by atoms with Gasteiger partial charge in [0.05, 0.1) is 13.2 Å². The van der Waals surface area contributed by atoms with Crippen LogP contribution in [0, 0.1) is 0 Å². The lowest BCUT2D eigenvalue weighted by Crippen LogP contribution is -1.98. The first-order valence-corrected chi connectivity index (χ1v) is 5.90. The fraction of sp³-hybridized carbons (Fsp3) is 1.00. The fourth-order valence-corrected chi connectivity index (χ4v) is 1.14. The van der Waals surface area contributed by atoms with Gasteiger partial charge in [0.1, 0.15) is 0 Å². The first-order valence-electron chi connectivity index (χ1n) is 4.41. The van der Waals surface area contributed by atoms with Gasteiger partial charge in [0.15, 0.2) is 0 Å². The minimum absolute atomic E-state index is 0.208. The van der Waals surface area contributed by atoms with Crippen LogP contribution < -0.4 is 0 Å². The highest BCUT2D eigenvalue weighted by molar-refractivity contribution is 7.47. The lowest BCUT2D eigenvalue weighted by Gasteiger charge is -2.09. The molecule has 6 heteroatoms. The molecule has 5 nitrogen and oxygen atoms in total. The Morgan fingerprint density at radius 1 is 1.23 bits per heavy atom. The summed E-state index contributed by atoms with van der Waals surface area (Å²) in [6.45, 7) is 4.31. The lowest BCUT2D eigenvalue weighted by molar-refractivity contribution is -0.224. The van der Waals surface area contributed by atoms with Gasteiger partial charge in [-0.3, -0.25) is 4.52 Å². The van der Waals surface area contributed by atoms with Gasteiger partial charge in [0.2, 0.25) is 0 Å². The molecule has 0 fully saturated rings. The molecule has 0 aromatic heterocycles. The average molecular weight is 212 g/mol. The number of phosphoric ester groups is 1. The van der Waals surface area contributed by atoms with Crippen LogP contribution in [-0.4, -0.2) is 18.1 Å². The molecule has 0 saturated heterocycles. The predicted octanol–water partition coefficient (Wildman–Crippen LogP) is 2.26. The Hall–Kier alpha value is 0.0700. The molecule has 1 N–H and O–H groups in total. The van der Waals surface area contributed by atoms with E-state index in [0.29, 0.717) is 0 Å². The Morgan fingerprint density at radius 2 is 1.92 bits per heavy atom. The molecule has 0 aromatic carbocycles. The number of hydrogen-bond acceptors (Lipinski definition) is 4. The van der Waals surface area contributed by atoms with E-state index in [2.05, 4.69) is 14.1 Å². The summed E-state index contributed by atoms with van der Waals surface area (Å²) in [5.41, 5.74) is 0. The minimum atomic E-state index is -3.97. The van der Waals surface area contributed by atoms with Crippen molar-refractivity contribution in [1.29, 1.82) is 0 Å². The molecular weight excluding hydrogens is 195 g/mol. The van der Waals surface area contributed by atoms with Gasteiger partial charge in [-0.25, -0.2) is 9.45 Å². The van der Waals surface area contributed by atoms with E-state index in [9.17, 15) is 4.57 Å². The monoisotopic (exact) mass is 212 g/mol. The Morgan fingerprint density at radius 3 is 2.46 bits per heavy atom. The SMILES string of the molecule is CCCCOP(=O)(O)OOCCC. The molecule has 0 aliphatic carbocycles. The molecule has 1 unspecified atom stereocenters. The third kappa shape index (κ3) is 8.40. The van der Waals surface area contributed by atoms with Gasteiger partial charge in [-0.1, -0.05) is 20.3 Å². The Balaban J connectivity index is 3.49. The van der Waals surface area contributed by atoms with Crippen LogP contribution in [0.1, 0.15) is 33.1 Å². The van der Waals surface area contributed by atoms with Gasteiger partial charge in [-0.2, -0.15) is 0 Å². The van der Waals surface area contributed by atoms with Gasteiger partial charge in [0.25, 0.3) is 0 Å². The van der Waals surface area contributed by atoms with Crippen LogP contribution in [0.25, 0.3) is 0 Å². The highest BCUT2D eigenvalue weighted by Gasteiger charge is 2.21. The van der Waals surface area contributed by atoms with Crippen LogP contribution in [0.15, 0.2) is 0 Å². The standard InChI is InChI=1S/C7H17O5P/c1-3-5-7-11-13(8,9)12-10-6-4-2/h3-7H2,1-2H3,(H,8,9). The summed E-state index contributed by atoms with van der Waals surface area (Å²) < 4.78 is 19.7. The third-order valence-electron chi connectivity index (χ3n) is 1.19. The molecule has 0 aliphatic rings. The summed E-state index contributed by atoms with van der Waals surface area (Å²) in [6, 6.07) is 0. The quantitative estimate of drug-likeness (QED) is 0.289. The normalized spacial score (nSPS) is 15.6. The zero-order valence-electron chi connectivity index (χ0n) is 8.06. The average Bonchev–Trinajstić information content (AvgIpc) is 2.05. The van der Waals surface area contributed by atoms with Gasteiger partial charge in [-0.15, -0.1) is 4.67 Å². The van der Waals surface area contributed by atoms with Gasteiger partial charge in [-0.05, 0) is 12.8 Å². The molecule has 0 rings (SSSR count). The van der Waals surface area contributed by atoms with E-state index in [1.54, 1.807) is 0 Å². The van der Waals surface area contributed by atoms with Gasteiger partial charge < -0.3 is 4.89 Å². The lowest BCUT2D eigenvalue weighted by atomic mass is 10.4. The van der Waals surface area contributed by atoms with Crippen molar-refractivity contribution in [2.45, 2.75) is 33.1 Å². The minimum Gasteiger partial charge on any atom is -0.301 e. The molecule has 1 atom stereocenters. The van der Waals surface area contributed by atoms with Crippen molar-refractivity contribution < 1.29 is 23.5 Å². The van der Waals surface area contributed by atoms with Crippen LogP contribution in [-0.2, 0) is 18.7 Å². The smallest absolute Gasteiger partial charge is 0.301 e. The Kier molecular flexibility index (Phi) is 7.51. The van der Waals surface area contributed by atoms with E-state index in [1.807, 2.05) is 13.8 Å². The maximum absolute atomic E-state index is 10.9. The van der Waals surface area contributed by atoms with Crippen LogP contribution in [0.2, 0.25) is 0 Å². The predicted molar refractivity (Wildman–Crippen MR) is 48.0 cm³/mol. The molecule has 0 aliphatic heterocycles. The second kappa shape index (κ2) is 7.47. The highest BCUT2D eigenvalue weighted by atomic mass is 31.2. The number of hydrogen-bond donors (Lipinski definition) is 1. The molecular formula is C7H17O5P. The van der Waals surface area contributed by atoms with Crippen molar-refractivity contribution in [3.8, 4) is 0 Å². The first kappa shape index (κ1) is 13.1. The Bertz CT molecular complexity index is 147. The zero-order valence-corrected chi connectivity index (χ0v) is 8.96. The van der Waals surface area contributed by atoms with E-state index >= 15 is 0 Å². The molecule has 0 amide bonds. The van der Waals surface area contributed by atoms with Gasteiger partial charge >= 0.3 is 7.82 Å². The molecule has 0 spiro atoms. The summed E-state index contributed by atoms with van der Waals surface area (Å²) >= 11 is 0. The van der Waals surface area contributed by atoms with E-state index in [0.717, 1.165) is 19.3 Å².